The van der Waals surface area contributed by atoms with Gasteiger partial charge in [-0.05, 0) is 33.1 Å². The van der Waals surface area contributed by atoms with Gasteiger partial charge in [0.25, 0.3) is 0 Å². The van der Waals surface area contributed by atoms with Crippen molar-refractivity contribution in [3.8, 4) is 0 Å². The molecule has 11 heavy (non-hydrogen) atoms. The lowest BCUT2D eigenvalue weighted by Crippen LogP contribution is -1.83. The molecule has 0 radical (unpaired) electrons. The minimum Gasteiger partial charge on any atom is -0.0995 e. The molecule has 0 aromatic heterocycles. The summed E-state index contributed by atoms with van der Waals surface area (Å²) < 4.78 is 0. The molecule has 0 spiro atoms. The van der Waals surface area contributed by atoms with Gasteiger partial charge in [0.1, 0.15) is 0 Å². The Balaban J connectivity index is 3.53. The van der Waals surface area contributed by atoms with E-state index in [1.807, 2.05) is 0 Å². The van der Waals surface area contributed by atoms with Crippen LogP contribution in [0.25, 0.3) is 0 Å². The van der Waals surface area contributed by atoms with Crippen molar-refractivity contribution in [2.45, 2.75) is 46.5 Å². The van der Waals surface area contributed by atoms with E-state index in [2.05, 4.69) is 33.4 Å². The highest BCUT2D eigenvalue weighted by Crippen LogP contribution is 2.14. The fourth-order valence-electron chi connectivity index (χ4n) is 1.01. The summed E-state index contributed by atoms with van der Waals surface area (Å²) in [5, 5.41) is 0. The van der Waals surface area contributed by atoms with Crippen LogP contribution in [0.1, 0.15) is 46.5 Å². The summed E-state index contributed by atoms with van der Waals surface area (Å²) in [7, 11) is 0. The molecule has 0 amide bonds. The van der Waals surface area contributed by atoms with Crippen LogP contribution in [0.15, 0.2) is 23.8 Å². The lowest BCUT2D eigenvalue weighted by atomic mass is 10.0. The van der Waals surface area contributed by atoms with Crippen LogP contribution in [0.2, 0.25) is 0 Å². The zero-order valence-corrected chi connectivity index (χ0v) is 8.11. The molecule has 0 heterocycles. The summed E-state index contributed by atoms with van der Waals surface area (Å²) in [6.07, 6.45) is 7.01. The first-order valence-electron chi connectivity index (χ1n) is 4.49. The van der Waals surface area contributed by atoms with Crippen molar-refractivity contribution < 1.29 is 0 Å². The maximum atomic E-state index is 4.04. The second kappa shape index (κ2) is 6.21. The van der Waals surface area contributed by atoms with E-state index in [0.29, 0.717) is 0 Å². The molecule has 0 unspecified atom stereocenters. The van der Waals surface area contributed by atoms with Crippen molar-refractivity contribution in [1.29, 1.82) is 0 Å². The molecular weight excluding hydrogens is 132 g/mol. The van der Waals surface area contributed by atoms with Crippen LogP contribution >= 0.6 is 0 Å². The minimum atomic E-state index is 1.09. The molecule has 0 fully saturated rings. The van der Waals surface area contributed by atoms with E-state index in [4.69, 9.17) is 0 Å². The van der Waals surface area contributed by atoms with Gasteiger partial charge < -0.3 is 0 Å². The van der Waals surface area contributed by atoms with E-state index >= 15 is 0 Å². The van der Waals surface area contributed by atoms with Gasteiger partial charge in [0.2, 0.25) is 0 Å². The van der Waals surface area contributed by atoms with Crippen molar-refractivity contribution in [2.24, 2.45) is 0 Å². The van der Waals surface area contributed by atoms with Crippen LogP contribution < -0.4 is 0 Å². The van der Waals surface area contributed by atoms with Gasteiger partial charge in [-0.3, -0.25) is 0 Å². The molecule has 0 bridgehead atoms. The van der Waals surface area contributed by atoms with Crippen LogP contribution in [0.4, 0.5) is 0 Å². The summed E-state index contributed by atoms with van der Waals surface area (Å²) in [5.74, 6) is 0. The third-order valence-electron chi connectivity index (χ3n) is 1.91. The summed E-state index contributed by atoms with van der Waals surface area (Å²) in [4.78, 5) is 0. The maximum Gasteiger partial charge on any atom is -0.0114 e. The third-order valence-corrected chi connectivity index (χ3v) is 1.91. The molecule has 0 N–H and O–H groups in total. The average molecular weight is 152 g/mol. The minimum absolute atomic E-state index is 1.09. The molecule has 0 aliphatic carbocycles. The smallest absolute Gasteiger partial charge is 0.0114 e. The van der Waals surface area contributed by atoms with Crippen LogP contribution in [0, 0.1) is 0 Å². The Morgan fingerprint density at radius 1 is 1.45 bits per heavy atom. The summed E-state index contributed by atoms with van der Waals surface area (Å²) in [6.45, 7) is 10.5. The van der Waals surface area contributed by atoms with Crippen molar-refractivity contribution >= 4 is 0 Å². The molecule has 0 aliphatic rings. The van der Waals surface area contributed by atoms with Crippen molar-refractivity contribution in [3.63, 3.8) is 0 Å². The second-order valence-electron chi connectivity index (χ2n) is 3.17. The summed E-state index contributed by atoms with van der Waals surface area (Å²) in [6, 6.07) is 0. The fraction of sp³-hybridized carbons (Fsp3) is 0.636. The van der Waals surface area contributed by atoms with E-state index in [1.54, 1.807) is 0 Å². The Labute approximate surface area is 71.0 Å². The van der Waals surface area contributed by atoms with Gasteiger partial charge in [0.05, 0.1) is 0 Å². The number of hydrogen-bond acceptors (Lipinski definition) is 0. The third kappa shape index (κ3) is 5.90. The molecule has 0 saturated heterocycles. The molecule has 64 valence electrons. The van der Waals surface area contributed by atoms with Gasteiger partial charge in [-0.1, -0.05) is 37.1 Å². The van der Waals surface area contributed by atoms with E-state index in [1.165, 1.54) is 30.4 Å². The predicted molar refractivity (Wildman–Crippen MR) is 52.7 cm³/mol. The van der Waals surface area contributed by atoms with Crippen molar-refractivity contribution in [3.05, 3.63) is 23.8 Å². The predicted octanol–water partition coefficient (Wildman–Crippen LogP) is 4.09. The van der Waals surface area contributed by atoms with E-state index < -0.39 is 0 Å². The monoisotopic (exact) mass is 152 g/mol. The Hall–Kier alpha value is -0.520. The van der Waals surface area contributed by atoms with Crippen LogP contribution in [0.3, 0.4) is 0 Å². The molecule has 0 atom stereocenters. The zero-order chi connectivity index (χ0) is 8.69. The Bertz CT molecular complexity index is 140. The molecule has 0 saturated carbocycles. The highest BCUT2D eigenvalue weighted by molar-refractivity contribution is 5.09. The Kier molecular flexibility index (Phi) is 5.91. The quantitative estimate of drug-likeness (QED) is 0.520. The second-order valence-corrected chi connectivity index (χ2v) is 3.17. The molecule has 0 rings (SSSR count). The fourth-order valence-corrected chi connectivity index (χ4v) is 1.01. The molecule has 0 aliphatic heterocycles. The zero-order valence-electron chi connectivity index (χ0n) is 8.11. The van der Waals surface area contributed by atoms with E-state index in [9.17, 15) is 0 Å². The largest absolute Gasteiger partial charge is 0.0995 e. The SMILES string of the molecule is C=C(CCCC)C/C(C)=C/C. The van der Waals surface area contributed by atoms with E-state index in [-0.39, 0.29) is 0 Å². The average Bonchev–Trinajstić information content (AvgIpc) is 2.00. The van der Waals surface area contributed by atoms with Gasteiger partial charge in [0.15, 0.2) is 0 Å². The normalized spacial score (nSPS) is 11.7. The molecule has 0 aromatic rings. The maximum absolute atomic E-state index is 4.04. The van der Waals surface area contributed by atoms with Crippen molar-refractivity contribution in [1.82, 2.24) is 0 Å². The van der Waals surface area contributed by atoms with Crippen LogP contribution in [-0.2, 0) is 0 Å². The molecular formula is C11H20. The number of rotatable bonds is 5. The van der Waals surface area contributed by atoms with Gasteiger partial charge >= 0.3 is 0 Å². The molecule has 0 aromatic carbocycles. The number of allylic oxidation sites excluding steroid dienone is 3. The van der Waals surface area contributed by atoms with Crippen LogP contribution in [-0.4, -0.2) is 0 Å². The van der Waals surface area contributed by atoms with Gasteiger partial charge in [-0.15, -0.1) is 0 Å². The van der Waals surface area contributed by atoms with Gasteiger partial charge in [-0.2, -0.15) is 0 Å². The lowest BCUT2D eigenvalue weighted by molar-refractivity contribution is 0.772. The topological polar surface area (TPSA) is 0 Å². The first kappa shape index (κ1) is 10.5. The van der Waals surface area contributed by atoms with Crippen LogP contribution in [0.5, 0.6) is 0 Å². The lowest BCUT2D eigenvalue weighted by Gasteiger charge is -2.03. The molecule has 0 nitrogen and oxygen atoms in total. The number of hydrogen-bond donors (Lipinski definition) is 0. The molecule has 0 heteroatoms. The van der Waals surface area contributed by atoms with Gasteiger partial charge in [0, 0.05) is 0 Å². The van der Waals surface area contributed by atoms with E-state index in [0.717, 1.165) is 6.42 Å². The first-order valence-corrected chi connectivity index (χ1v) is 4.49. The van der Waals surface area contributed by atoms with Crippen molar-refractivity contribution in [2.75, 3.05) is 0 Å². The first-order chi connectivity index (χ1) is 5.20. The Morgan fingerprint density at radius 3 is 2.55 bits per heavy atom. The van der Waals surface area contributed by atoms with Gasteiger partial charge in [-0.25, -0.2) is 0 Å². The number of unbranched alkanes of at least 4 members (excludes halogenated alkanes) is 1. The highest BCUT2D eigenvalue weighted by atomic mass is 14.0. The highest BCUT2D eigenvalue weighted by Gasteiger charge is 1.94. The summed E-state index contributed by atoms with van der Waals surface area (Å²) >= 11 is 0. The summed E-state index contributed by atoms with van der Waals surface area (Å²) in [5.41, 5.74) is 2.81. The Morgan fingerprint density at radius 2 is 2.09 bits per heavy atom. The standard InChI is InChI=1S/C11H20/c1-5-7-8-11(4)9-10(3)6-2/h6H,4-5,7-9H2,1-3H3/b10-6+.